The van der Waals surface area contributed by atoms with Gasteiger partial charge >= 0.3 is 0 Å². The normalized spacial score (nSPS) is 17.7. The van der Waals surface area contributed by atoms with Crippen molar-refractivity contribution >= 4 is 10.9 Å². The third kappa shape index (κ3) is 3.16. The maximum atomic E-state index is 12.6. The fourth-order valence-electron chi connectivity index (χ4n) is 3.13. The van der Waals surface area contributed by atoms with E-state index in [0.29, 0.717) is 30.3 Å². The topological polar surface area (TPSA) is 81.2 Å². The third-order valence-electron chi connectivity index (χ3n) is 4.41. The Labute approximate surface area is 144 Å². The average molecular weight is 340 g/mol. The molecule has 4 rings (SSSR count). The number of ether oxygens (including phenoxy) is 2. The van der Waals surface area contributed by atoms with E-state index in [1.807, 2.05) is 35.0 Å². The molecule has 2 aromatic heterocycles. The number of aromatic amines is 1. The van der Waals surface area contributed by atoms with Crippen LogP contribution in [0.4, 0.5) is 0 Å². The molecular formula is C18H20N4O3. The Morgan fingerprint density at radius 1 is 1.40 bits per heavy atom. The first kappa shape index (κ1) is 15.9. The summed E-state index contributed by atoms with van der Waals surface area (Å²) in [5.74, 6) is 1.35. The van der Waals surface area contributed by atoms with Gasteiger partial charge in [-0.05, 0) is 23.6 Å². The standard InChI is InChI=1S/C18H20N4O3/c1-24-13-3-2-12-8-15(18(23)21-16(12)9-13)17-20-4-6-22(17)11-14-10-19-5-7-25-14/h2-4,6,8-9,14,19H,5,7,10-11H2,1H3,(H,21,23). The summed E-state index contributed by atoms with van der Waals surface area (Å²) in [5, 5.41) is 4.25. The second-order valence-corrected chi connectivity index (χ2v) is 6.07. The SMILES string of the molecule is COc1ccc2cc(-c3nccn3CC3CNCCO3)c(=O)[nH]c2c1. The Hall–Kier alpha value is -2.64. The fraction of sp³-hybridized carbons (Fsp3) is 0.333. The van der Waals surface area contributed by atoms with Gasteiger partial charge in [0.15, 0.2) is 0 Å². The molecule has 130 valence electrons. The van der Waals surface area contributed by atoms with Gasteiger partial charge in [-0.2, -0.15) is 0 Å². The van der Waals surface area contributed by atoms with Crippen LogP contribution in [-0.4, -0.2) is 47.4 Å². The van der Waals surface area contributed by atoms with Crippen LogP contribution >= 0.6 is 0 Å². The molecule has 2 N–H and O–H groups in total. The number of hydrogen-bond acceptors (Lipinski definition) is 5. The number of H-pyrrole nitrogens is 1. The van der Waals surface area contributed by atoms with Gasteiger partial charge in [0, 0.05) is 31.5 Å². The van der Waals surface area contributed by atoms with Crippen LogP contribution in [0.3, 0.4) is 0 Å². The van der Waals surface area contributed by atoms with Gasteiger partial charge in [0.2, 0.25) is 0 Å². The average Bonchev–Trinajstić information content (AvgIpc) is 3.09. The molecule has 7 nitrogen and oxygen atoms in total. The summed E-state index contributed by atoms with van der Waals surface area (Å²) >= 11 is 0. The largest absolute Gasteiger partial charge is 0.497 e. The van der Waals surface area contributed by atoms with Gasteiger partial charge in [-0.3, -0.25) is 4.79 Å². The number of aromatic nitrogens is 3. The molecule has 25 heavy (non-hydrogen) atoms. The smallest absolute Gasteiger partial charge is 0.259 e. The van der Waals surface area contributed by atoms with Crippen LogP contribution < -0.4 is 15.6 Å². The van der Waals surface area contributed by atoms with Gasteiger partial charge in [-0.1, -0.05) is 0 Å². The predicted octanol–water partition coefficient (Wildman–Crippen LogP) is 1.39. The lowest BCUT2D eigenvalue weighted by molar-refractivity contribution is 0.0185. The van der Waals surface area contributed by atoms with Gasteiger partial charge in [-0.15, -0.1) is 0 Å². The van der Waals surface area contributed by atoms with Crippen molar-refractivity contribution in [2.24, 2.45) is 0 Å². The van der Waals surface area contributed by atoms with Crippen LogP contribution in [0.25, 0.3) is 22.3 Å². The van der Waals surface area contributed by atoms with E-state index in [4.69, 9.17) is 9.47 Å². The molecule has 7 heteroatoms. The van der Waals surface area contributed by atoms with Crippen molar-refractivity contribution in [1.82, 2.24) is 19.9 Å². The Bertz CT molecular complexity index is 941. The number of nitrogens with zero attached hydrogens (tertiary/aromatic N) is 2. The Morgan fingerprint density at radius 2 is 2.32 bits per heavy atom. The Morgan fingerprint density at radius 3 is 3.12 bits per heavy atom. The minimum absolute atomic E-state index is 0.0745. The fourth-order valence-corrected chi connectivity index (χ4v) is 3.13. The van der Waals surface area contributed by atoms with E-state index in [1.54, 1.807) is 13.3 Å². The highest BCUT2D eigenvalue weighted by atomic mass is 16.5. The van der Waals surface area contributed by atoms with E-state index < -0.39 is 0 Å². The number of rotatable bonds is 4. The number of fused-ring (bicyclic) bond motifs is 1. The van der Waals surface area contributed by atoms with Gasteiger partial charge in [0.05, 0.1) is 37.4 Å². The minimum atomic E-state index is -0.170. The highest BCUT2D eigenvalue weighted by Gasteiger charge is 2.18. The second-order valence-electron chi connectivity index (χ2n) is 6.07. The molecule has 1 unspecified atom stereocenters. The predicted molar refractivity (Wildman–Crippen MR) is 95.0 cm³/mol. The summed E-state index contributed by atoms with van der Waals surface area (Å²) in [4.78, 5) is 19.9. The van der Waals surface area contributed by atoms with Crippen molar-refractivity contribution in [2.45, 2.75) is 12.6 Å². The van der Waals surface area contributed by atoms with Crippen LogP contribution in [0, 0.1) is 0 Å². The lowest BCUT2D eigenvalue weighted by Crippen LogP contribution is -2.40. The zero-order valence-corrected chi connectivity index (χ0v) is 14.0. The van der Waals surface area contributed by atoms with Crippen LogP contribution in [-0.2, 0) is 11.3 Å². The Balaban J connectivity index is 1.71. The molecule has 1 aromatic carbocycles. The molecule has 3 aromatic rings. The lowest BCUT2D eigenvalue weighted by atomic mass is 10.1. The molecular weight excluding hydrogens is 320 g/mol. The summed E-state index contributed by atoms with van der Waals surface area (Å²) in [6, 6.07) is 7.48. The molecule has 0 aliphatic carbocycles. The molecule has 1 atom stereocenters. The number of nitrogens with one attached hydrogen (secondary N) is 2. The van der Waals surface area contributed by atoms with Crippen LogP contribution in [0.15, 0.2) is 41.5 Å². The Kier molecular flexibility index (Phi) is 4.25. The number of benzene rings is 1. The molecule has 0 radical (unpaired) electrons. The van der Waals surface area contributed by atoms with Crippen molar-refractivity contribution in [3.63, 3.8) is 0 Å². The summed E-state index contributed by atoms with van der Waals surface area (Å²) in [6.45, 7) is 3.03. The zero-order valence-electron chi connectivity index (χ0n) is 14.0. The number of methoxy groups -OCH3 is 1. The maximum absolute atomic E-state index is 12.6. The zero-order chi connectivity index (χ0) is 17.2. The van der Waals surface area contributed by atoms with Crippen molar-refractivity contribution in [3.05, 3.63) is 47.0 Å². The first-order valence-electron chi connectivity index (χ1n) is 8.29. The van der Waals surface area contributed by atoms with Gasteiger partial charge in [-0.25, -0.2) is 4.98 Å². The molecule has 3 heterocycles. The molecule has 0 amide bonds. The molecule has 1 saturated heterocycles. The van der Waals surface area contributed by atoms with E-state index in [0.717, 1.165) is 24.0 Å². The highest BCUT2D eigenvalue weighted by Crippen LogP contribution is 2.22. The number of hydrogen-bond donors (Lipinski definition) is 2. The monoisotopic (exact) mass is 340 g/mol. The third-order valence-corrected chi connectivity index (χ3v) is 4.41. The molecule has 1 aliphatic rings. The van der Waals surface area contributed by atoms with E-state index in [-0.39, 0.29) is 11.7 Å². The maximum Gasteiger partial charge on any atom is 0.259 e. The van der Waals surface area contributed by atoms with Crippen molar-refractivity contribution in [2.75, 3.05) is 26.8 Å². The number of pyridine rings is 1. The summed E-state index contributed by atoms with van der Waals surface area (Å²) in [6.07, 6.45) is 3.67. The summed E-state index contributed by atoms with van der Waals surface area (Å²) in [5.41, 5.74) is 1.12. The first-order chi connectivity index (χ1) is 12.2. The van der Waals surface area contributed by atoms with Crippen LogP contribution in [0.5, 0.6) is 5.75 Å². The van der Waals surface area contributed by atoms with E-state index in [9.17, 15) is 4.79 Å². The number of morpholine rings is 1. The molecule has 1 aliphatic heterocycles. The summed E-state index contributed by atoms with van der Waals surface area (Å²) < 4.78 is 12.9. The van der Waals surface area contributed by atoms with Crippen molar-refractivity contribution in [3.8, 4) is 17.1 Å². The quantitative estimate of drug-likeness (QED) is 0.750. The van der Waals surface area contributed by atoms with E-state index >= 15 is 0 Å². The lowest BCUT2D eigenvalue weighted by Gasteiger charge is -2.24. The van der Waals surface area contributed by atoms with E-state index in [2.05, 4.69) is 15.3 Å². The van der Waals surface area contributed by atoms with Gasteiger partial charge < -0.3 is 24.3 Å². The van der Waals surface area contributed by atoms with E-state index in [1.165, 1.54) is 0 Å². The molecule has 1 fully saturated rings. The van der Waals surface area contributed by atoms with Gasteiger partial charge in [0.1, 0.15) is 11.6 Å². The number of imidazole rings is 1. The van der Waals surface area contributed by atoms with Gasteiger partial charge in [0.25, 0.3) is 5.56 Å². The van der Waals surface area contributed by atoms with Crippen molar-refractivity contribution in [1.29, 1.82) is 0 Å². The molecule has 0 spiro atoms. The van der Waals surface area contributed by atoms with Crippen LogP contribution in [0.1, 0.15) is 0 Å². The first-order valence-corrected chi connectivity index (χ1v) is 8.29. The molecule has 0 bridgehead atoms. The minimum Gasteiger partial charge on any atom is -0.497 e. The van der Waals surface area contributed by atoms with Crippen molar-refractivity contribution < 1.29 is 9.47 Å². The highest BCUT2D eigenvalue weighted by molar-refractivity contribution is 5.83. The molecule has 0 saturated carbocycles. The summed E-state index contributed by atoms with van der Waals surface area (Å²) in [7, 11) is 1.60. The van der Waals surface area contributed by atoms with Crippen LogP contribution in [0.2, 0.25) is 0 Å². The second kappa shape index (κ2) is 6.70.